The normalized spacial score (nSPS) is 12.3. The standard InChI is InChI=1S/C15H17BrN2O2S/c1-3-17-12(14-8-10(2)15(16)21-14)9-11-6-4-5-7-13(11)18(19)20/h4-8,12,17H,3,9H2,1-2H3. The summed E-state index contributed by atoms with van der Waals surface area (Å²) in [6, 6.07) is 9.17. The van der Waals surface area contributed by atoms with Crippen molar-refractivity contribution in [2.24, 2.45) is 0 Å². The van der Waals surface area contributed by atoms with E-state index in [4.69, 9.17) is 0 Å². The number of halogens is 1. The Morgan fingerprint density at radius 3 is 2.71 bits per heavy atom. The van der Waals surface area contributed by atoms with E-state index in [1.807, 2.05) is 19.1 Å². The number of likely N-dealkylation sites (N-methyl/N-ethyl adjacent to an activating group) is 1. The van der Waals surface area contributed by atoms with Gasteiger partial charge in [0.15, 0.2) is 0 Å². The van der Waals surface area contributed by atoms with Crippen molar-refractivity contribution in [2.75, 3.05) is 6.54 Å². The maximum absolute atomic E-state index is 11.1. The Balaban J connectivity index is 2.30. The number of nitro groups is 1. The van der Waals surface area contributed by atoms with E-state index in [2.05, 4.69) is 34.2 Å². The van der Waals surface area contributed by atoms with E-state index in [1.54, 1.807) is 23.5 Å². The Hall–Kier alpha value is -1.24. The number of rotatable bonds is 6. The Morgan fingerprint density at radius 2 is 2.14 bits per heavy atom. The summed E-state index contributed by atoms with van der Waals surface area (Å²) in [6.07, 6.45) is 0.609. The highest BCUT2D eigenvalue weighted by Crippen LogP contribution is 2.34. The molecule has 0 saturated heterocycles. The van der Waals surface area contributed by atoms with Gasteiger partial charge in [0, 0.05) is 22.5 Å². The number of para-hydroxylation sites is 1. The molecule has 1 aromatic heterocycles. The first kappa shape index (κ1) is 16.1. The molecular weight excluding hydrogens is 352 g/mol. The number of hydrogen-bond acceptors (Lipinski definition) is 4. The molecule has 2 aromatic rings. The molecule has 0 aliphatic carbocycles. The van der Waals surface area contributed by atoms with Crippen LogP contribution in [0, 0.1) is 17.0 Å². The lowest BCUT2D eigenvalue weighted by Crippen LogP contribution is -2.22. The van der Waals surface area contributed by atoms with Gasteiger partial charge < -0.3 is 5.32 Å². The molecule has 0 bridgehead atoms. The molecule has 0 radical (unpaired) electrons. The SMILES string of the molecule is CCNC(Cc1ccccc1[N+](=O)[O-])c1cc(C)c(Br)s1. The minimum atomic E-state index is -0.312. The predicted octanol–water partition coefficient (Wildman–Crippen LogP) is 4.62. The lowest BCUT2D eigenvalue weighted by atomic mass is 10.0. The van der Waals surface area contributed by atoms with Gasteiger partial charge in [0.2, 0.25) is 0 Å². The average Bonchev–Trinajstić information content (AvgIpc) is 2.78. The Bertz CT molecular complexity index is 623. The zero-order chi connectivity index (χ0) is 15.4. The minimum Gasteiger partial charge on any atom is -0.309 e. The average molecular weight is 369 g/mol. The van der Waals surface area contributed by atoms with Gasteiger partial charge in [-0.15, -0.1) is 11.3 Å². The van der Waals surface area contributed by atoms with Gasteiger partial charge in [0.05, 0.1) is 8.71 Å². The molecule has 112 valence electrons. The number of aryl methyl sites for hydroxylation is 1. The first-order chi connectivity index (χ1) is 10.0. The van der Waals surface area contributed by atoms with E-state index in [-0.39, 0.29) is 16.7 Å². The monoisotopic (exact) mass is 368 g/mol. The van der Waals surface area contributed by atoms with Crippen molar-refractivity contribution in [1.29, 1.82) is 0 Å². The third-order valence-electron chi connectivity index (χ3n) is 3.28. The fraction of sp³-hybridized carbons (Fsp3) is 0.333. The first-order valence-corrected chi connectivity index (χ1v) is 8.35. The molecule has 4 nitrogen and oxygen atoms in total. The first-order valence-electron chi connectivity index (χ1n) is 6.74. The molecule has 0 fully saturated rings. The summed E-state index contributed by atoms with van der Waals surface area (Å²) in [6.45, 7) is 4.92. The molecule has 0 amide bonds. The van der Waals surface area contributed by atoms with Crippen molar-refractivity contribution < 1.29 is 4.92 Å². The smallest absolute Gasteiger partial charge is 0.272 e. The summed E-state index contributed by atoms with van der Waals surface area (Å²) in [5.41, 5.74) is 2.14. The molecule has 1 N–H and O–H groups in total. The fourth-order valence-corrected chi connectivity index (χ4v) is 3.90. The van der Waals surface area contributed by atoms with E-state index >= 15 is 0 Å². The van der Waals surface area contributed by atoms with Crippen molar-refractivity contribution in [3.05, 3.63) is 60.2 Å². The van der Waals surface area contributed by atoms with E-state index in [9.17, 15) is 10.1 Å². The van der Waals surface area contributed by atoms with Gasteiger partial charge in [0.1, 0.15) is 0 Å². The molecule has 0 aliphatic rings. The van der Waals surface area contributed by atoms with Crippen molar-refractivity contribution in [1.82, 2.24) is 5.32 Å². The quantitative estimate of drug-likeness (QED) is 0.597. The maximum Gasteiger partial charge on any atom is 0.272 e. The number of benzene rings is 1. The summed E-state index contributed by atoms with van der Waals surface area (Å²) in [5, 5.41) is 14.6. The Morgan fingerprint density at radius 1 is 1.43 bits per heavy atom. The lowest BCUT2D eigenvalue weighted by molar-refractivity contribution is -0.385. The molecule has 0 saturated carbocycles. The van der Waals surface area contributed by atoms with Crippen LogP contribution in [0.3, 0.4) is 0 Å². The van der Waals surface area contributed by atoms with Gasteiger partial charge in [0.25, 0.3) is 5.69 Å². The highest BCUT2D eigenvalue weighted by molar-refractivity contribution is 9.11. The van der Waals surface area contributed by atoms with E-state index in [0.717, 1.165) is 15.9 Å². The van der Waals surface area contributed by atoms with Crippen LogP contribution in [0.4, 0.5) is 5.69 Å². The number of hydrogen-bond donors (Lipinski definition) is 1. The van der Waals surface area contributed by atoms with Crippen molar-refractivity contribution >= 4 is 33.0 Å². The predicted molar refractivity (Wildman–Crippen MR) is 90.0 cm³/mol. The van der Waals surface area contributed by atoms with Crippen LogP contribution < -0.4 is 5.32 Å². The highest BCUT2D eigenvalue weighted by Gasteiger charge is 2.20. The van der Waals surface area contributed by atoms with Gasteiger partial charge in [-0.2, -0.15) is 0 Å². The molecule has 1 aromatic carbocycles. The molecule has 0 aliphatic heterocycles. The van der Waals surface area contributed by atoms with E-state index in [1.165, 1.54) is 10.4 Å². The topological polar surface area (TPSA) is 55.2 Å². The van der Waals surface area contributed by atoms with E-state index < -0.39 is 0 Å². The van der Waals surface area contributed by atoms with Gasteiger partial charge in [-0.05, 0) is 47.4 Å². The number of nitro benzene ring substituents is 1. The van der Waals surface area contributed by atoms with Gasteiger partial charge in [-0.3, -0.25) is 10.1 Å². The summed E-state index contributed by atoms with van der Waals surface area (Å²) in [4.78, 5) is 12.0. The minimum absolute atomic E-state index is 0.0890. The molecular formula is C15H17BrN2O2S. The largest absolute Gasteiger partial charge is 0.309 e. The Labute approximate surface area is 136 Å². The molecule has 1 atom stereocenters. The third-order valence-corrected chi connectivity index (χ3v) is 5.53. The summed E-state index contributed by atoms with van der Waals surface area (Å²) >= 11 is 5.22. The molecule has 6 heteroatoms. The molecule has 0 spiro atoms. The Kier molecular flexibility index (Phi) is 5.50. The lowest BCUT2D eigenvalue weighted by Gasteiger charge is -2.16. The van der Waals surface area contributed by atoms with Crippen LogP contribution in [0.25, 0.3) is 0 Å². The molecule has 1 heterocycles. The second kappa shape index (κ2) is 7.15. The molecule has 2 rings (SSSR count). The third kappa shape index (κ3) is 3.90. The molecule has 1 unspecified atom stereocenters. The zero-order valence-corrected chi connectivity index (χ0v) is 14.3. The van der Waals surface area contributed by atoms with Gasteiger partial charge in [-0.1, -0.05) is 25.1 Å². The number of nitrogens with one attached hydrogen (secondary N) is 1. The van der Waals surface area contributed by atoms with Crippen molar-refractivity contribution in [2.45, 2.75) is 26.3 Å². The highest BCUT2D eigenvalue weighted by atomic mass is 79.9. The number of thiophene rings is 1. The number of nitrogens with zero attached hydrogens (tertiary/aromatic N) is 1. The summed E-state index contributed by atoms with van der Waals surface area (Å²) in [7, 11) is 0. The van der Waals surface area contributed by atoms with Crippen molar-refractivity contribution in [3.8, 4) is 0 Å². The van der Waals surface area contributed by atoms with Crippen LogP contribution >= 0.6 is 27.3 Å². The van der Waals surface area contributed by atoms with Crippen LogP contribution in [0.5, 0.6) is 0 Å². The molecule has 21 heavy (non-hydrogen) atoms. The van der Waals surface area contributed by atoms with Crippen LogP contribution in [0.15, 0.2) is 34.1 Å². The van der Waals surface area contributed by atoms with Crippen LogP contribution in [-0.2, 0) is 6.42 Å². The zero-order valence-electron chi connectivity index (χ0n) is 11.9. The maximum atomic E-state index is 11.1. The van der Waals surface area contributed by atoms with E-state index in [0.29, 0.717) is 6.42 Å². The van der Waals surface area contributed by atoms with Gasteiger partial charge >= 0.3 is 0 Å². The van der Waals surface area contributed by atoms with Crippen molar-refractivity contribution in [3.63, 3.8) is 0 Å². The second-order valence-corrected chi connectivity index (χ2v) is 7.21. The summed E-state index contributed by atoms with van der Waals surface area (Å²) in [5.74, 6) is 0. The van der Waals surface area contributed by atoms with Crippen LogP contribution in [0.1, 0.15) is 29.0 Å². The fourth-order valence-electron chi connectivity index (χ4n) is 2.26. The summed E-state index contributed by atoms with van der Waals surface area (Å²) < 4.78 is 1.11. The van der Waals surface area contributed by atoms with Gasteiger partial charge in [-0.25, -0.2) is 0 Å². The van der Waals surface area contributed by atoms with Crippen LogP contribution in [0.2, 0.25) is 0 Å². The second-order valence-electron chi connectivity index (χ2n) is 4.81. The van der Waals surface area contributed by atoms with Crippen LogP contribution in [-0.4, -0.2) is 11.5 Å².